The monoisotopic (exact) mass is 389 g/mol. The molecule has 29 heavy (non-hydrogen) atoms. The van der Waals surface area contributed by atoms with Crippen LogP contribution in [0.5, 0.6) is 11.5 Å². The zero-order valence-corrected chi connectivity index (χ0v) is 16.7. The Morgan fingerprint density at radius 3 is 2.72 bits per heavy atom. The van der Waals surface area contributed by atoms with Crippen LogP contribution in [0.15, 0.2) is 48.5 Å². The van der Waals surface area contributed by atoms with E-state index in [1.165, 1.54) is 6.08 Å². The fourth-order valence-electron chi connectivity index (χ4n) is 3.61. The zero-order valence-electron chi connectivity index (χ0n) is 16.7. The van der Waals surface area contributed by atoms with Gasteiger partial charge in [-0.05, 0) is 36.3 Å². The molecule has 0 spiro atoms. The lowest BCUT2D eigenvalue weighted by atomic mass is 10.1. The van der Waals surface area contributed by atoms with Gasteiger partial charge < -0.3 is 19.7 Å². The van der Waals surface area contributed by atoms with Gasteiger partial charge in [-0.1, -0.05) is 24.3 Å². The first-order chi connectivity index (χ1) is 14.1. The molecule has 1 aromatic heterocycles. The van der Waals surface area contributed by atoms with Gasteiger partial charge in [-0.25, -0.2) is 4.98 Å². The van der Waals surface area contributed by atoms with Gasteiger partial charge in [0, 0.05) is 30.6 Å². The molecule has 6 heteroatoms. The molecule has 1 N–H and O–H groups in total. The fourth-order valence-corrected chi connectivity index (χ4v) is 3.61. The third-order valence-corrected chi connectivity index (χ3v) is 5.11. The molecule has 0 atom stereocenters. The summed E-state index contributed by atoms with van der Waals surface area (Å²) in [5.74, 6) is 2.02. The fraction of sp³-hybridized carbons (Fsp3) is 0.217. The molecule has 1 aliphatic rings. The second-order valence-electron chi connectivity index (χ2n) is 6.91. The number of carbonyl (C=O) groups is 1. The van der Waals surface area contributed by atoms with Crippen LogP contribution in [0.4, 0.5) is 11.5 Å². The number of pyridine rings is 1. The number of hydrogen-bond donors (Lipinski definition) is 1. The quantitative estimate of drug-likeness (QED) is 0.671. The summed E-state index contributed by atoms with van der Waals surface area (Å²) in [6.07, 6.45) is 4.15. The van der Waals surface area contributed by atoms with E-state index in [0.717, 1.165) is 46.5 Å². The summed E-state index contributed by atoms with van der Waals surface area (Å²) in [6, 6.07) is 13.4. The summed E-state index contributed by atoms with van der Waals surface area (Å²) < 4.78 is 10.6. The molecule has 2 aromatic carbocycles. The Bertz CT molecular complexity index is 1110. The van der Waals surface area contributed by atoms with Crippen LogP contribution in [0.1, 0.15) is 11.1 Å². The average molecular weight is 389 g/mol. The van der Waals surface area contributed by atoms with E-state index in [4.69, 9.17) is 14.5 Å². The lowest BCUT2D eigenvalue weighted by molar-refractivity contribution is -0.111. The van der Waals surface area contributed by atoms with Crippen molar-refractivity contribution < 1.29 is 14.3 Å². The van der Waals surface area contributed by atoms with Gasteiger partial charge in [-0.3, -0.25) is 4.79 Å². The number of aromatic nitrogens is 1. The summed E-state index contributed by atoms with van der Waals surface area (Å²) in [7, 11) is 5.20. The normalized spacial score (nSPS) is 13.0. The van der Waals surface area contributed by atoms with Crippen LogP contribution < -0.4 is 19.7 Å². The number of carbonyl (C=O) groups excluding carboxylic acids is 1. The van der Waals surface area contributed by atoms with Gasteiger partial charge in [-0.15, -0.1) is 0 Å². The maximum absolute atomic E-state index is 12.7. The van der Waals surface area contributed by atoms with Crippen molar-refractivity contribution in [1.29, 1.82) is 0 Å². The highest BCUT2D eigenvalue weighted by molar-refractivity contribution is 6.09. The Balaban J connectivity index is 1.62. The first-order valence-corrected chi connectivity index (χ1v) is 9.44. The summed E-state index contributed by atoms with van der Waals surface area (Å²) in [5, 5.41) is 4.03. The van der Waals surface area contributed by atoms with Crippen molar-refractivity contribution in [2.45, 2.75) is 6.42 Å². The van der Waals surface area contributed by atoms with Gasteiger partial charge in [0.2, 0.25) is 5.91 Å². The molecule has 1 aliphatic heterocycles. The van der Waals surface area contributed by atoms with Crippen molar-refractivity contribution in [3.8, 4) is 11.5 Å². The summed E-state index contributed by atoms with van der Waals surface area (Å²) in [6.45, 7) is 0.892. The molecule has 2 heterocycles. The number of para-hydroxylation sites is 1. The molecule has 0 radical (unpaired) electrons. The Morgan fingerprint density at radius 1 is 1.14 bits per heavy atom. The van der Waals surface area contributed by atoms with Gasteiger partial charge in [0.15, 0.2) is 11.5 Å². The number of likely N-dealkylation sites (N-methyl/N-ethyl adjacent to an activating group) is 1. The number of anilines is 2. The molecule has 0 bridgehead atoms. The number of nitrogens with zero attached hydrogens (tertiary/aromatic N) is 2. The Kier molecular flexibility index (Phi) is 5.08. The van der Waals surface area contributed by atoms with Gasteiger partial charge >= 0.3 is 0 Å². The summed E-state index contributed by atoms with van der Waals surface area (Å²) >= 11 is 0. The second kappa shape index (κ2) is 7.83. The number of fused-ring (bicyclic) bond motifs is 2. The molecule has 3 aromatic rings. The Labute approximate surface area is 169 Å². The van der Waals surface area contributed by atoms with E-state index in [1.807, 2.05) is 49.5 Å². The highest BCUT2D eigenvalue weighted by Crippen LogP contribution is 2.36. The van der Waals surface area contributed by atoms with Crippen LogP contribution in [-0.4, -0.2) is 38.7 Å². The van der Waals surface area contributed by atoms with Crippen LogP contribution in [0.25, 0.3) is 17.0 Å². The molecular weight excluding hydrogens is 366 g/mol. The molecule has 0 fully saturated rings. The third-order valence-electron chi connectivity index (χ3n) is 5.11. The minimum atomic E-state index is -0.187. The molecule has 148 valence electrons. The van der Waals surface area contributed by atoms with E-state index in [0.29, 0.717) is 11.5 Å². The molecule has 1 amide bonds. The second-order valence-corrected chi connectivity index (χ2v) is 6.91. The minimum Gasteiger partial charge on any atom is -0.493 e. The molecule has 0 saturated carbocycles. The molecule has 4 rings (SSSR count). The number of benzene rings is 2. The number of hydrogen-bond acceptors (Lipinski definition) is 5. The van der Waals surface area contributed by atoms with Gasteiger partial charge in [-0.2, -0.15) is 0 Å². The molecule has 0 saturated heterocycles. The lowest BCUT2D eigenvalue weighted by Gasteiger charge is -2.15. The maximum atomic E-state index is 12.7. The van der Waals surface area contributed by atoms with E-state index in [9.17, 15) is 4.79 Å². The smallest absolute Gasteiger partial charge is 0.248 e. The first-order valence-electron chi connectivity index (χ1n) is 9.44. The number of methoxy groups -OCH3 is 2. The van der Waals surface area contributed by atoms with Crippen LogP contribution in [0.3, 0.4) is 0 Å². The largest absolute Gasteiger partial charge is 0.493 e. The number of amides is 1. The van der Waals surface area contributed by atoms with Crippen molar-refractivity contribution in [3.63, 3.8) is 0 Å². The van der Waals surface area contributed by atoms with E-state index in [-0.39, 0.29) is 5.91 Å². The number of rotatable bonds is 5. The molecule has 0 unspecified atom stereocenters. The molecule has 6 nitrogen and oxygen atoms in total. The summed E-state index contributed by atoms with van der Waals surface area (Å²) in [4.78, 5) is 19.6. The minimum absolute atomic E-state index is 0.187. The SMILES string of the molecule is COc1ccc(/C=C\C(=O)Nc2c3c(nc4ccccc24)N(C)CC3)cc1OC. The van der Waals surface area contributed by atoms with E-state index in [2.05, 4.69) is 10.2 Å². The Morgan fingerprint density at radius 2 is 1.93 bits per heavy atom. The lowest BCUT2D eigenvalue weighted by Crippen LogP contribution is -2.14. The predicted molar refractivity (Wildman–Crippen MR) is 116 cm³/mol. The van der Waals surface area contributed by atoms with Gasteiger partial charge in [0.05, 0.1) is 25.4 Å². The van der Waals surface area contributed by atoms with E-state index >= 15 is 0 Å². The number of nitrogens with one attached hydrogen (secondary N) is 1. The van der Waals surface area contributed by atoms with Crippen LogP contribution in [0, 0.1) is 0 Å². The Hall–Kier alpha value is -3.54. The molecular formula is C23H23N3O3. The highest BCUT2D eigenvalue weighted by atomic mass is 16.5. The third kappa shape index (κ3) is 3.61. The van der Waals surface area contributed by atoms with Crippen molar-refractivity contribution >= 4 is 34.4 Å². The van der Waals surface area contributed by atoms with Crippen molar-refractivity contribution in [2.24, 2.45) is 0 Å². The van der Waals surface area contributed by atoms with Crippen LogP contribution >= 0.6 is 0 Å². The summed E-state index contributed by atoms with van der Waals surface area (Å²) in [5.41, 5.74) is 3.65. The van der Waals surface area contributed by atoms with Crippen molar-refractivity contribution in [1.82, 2.24) is 4.98 Å². The van der Waals surface area contributed by atoms with Crippen molar-refractivity contribution in [2.75, 3.05) is 38.0 Å². The maximum Gasteiger partial charge on any atom is 0.248 e. The highest BCUT2D eigenvalue weighted by Gasteiger charge is 2.23. The topological polar surface area (TPSA) is 63.7 Å². The predicted octanol–water partition coefficient (Wildman–Crippen LogP) is 3.90. The first kappa shape index (κ1) is 18.8. The van der Waals surface area contributed by atoms with E-state index < -0.39 is 0 Å². The van der Waals surface area contributed by atoms with Crippen LogP contribution in [0.2, 0.25) is 0 Å². The number of ether oxygens (including phenoxy) is 2. The standard InChI is InChI=1S/C23H23N3O3/c1-26-13-12-17-22(16-6-4-5-7-18(16)24-23(17)26)25-21(27)11-9-15-8-10-19(28-2)20(14-15)29-3/h4-11,14H,12-13H2,1-3H3,(H,24,25,27)/b11-9-. The van der Waals surface area contributed by atoms with E-state index in [1.54, 1.807) is 20.3 Å². The van der Waals surface area contributed by atoms with Gasteiger partial charge in [0.1, 0.15) is 5.82 Å². The average Bonchev–Trinajstić information content (AvgIpc) is 3.12. The van der Waals surface area contributed by atoms with Gasteiger partial charge in [0.25, 0.3) is 0 Å². The zero-order chi connectivity index (χ0) is 20.4. The molecule has 0 aliphatic carbocycles. The van der Waals surface area contributed by atoms with Crippen molar-refractivity contribution in [3.05, 3.63) is 59.7 Å². The van der Waals surface area contributed by atoms with Crippen LogP contribution in [-0.2, 0) is 11.2 Å².